The molecule has 0 atom stereocenters. The predicted octanol–water partition coefficient (Wildman–Crippen LogP) is 1.98. The Labute approximate surface area is 138 Å². The summed E-state index contributed by atoms with van der Waals surface area (Å²) in [6, 6.07) is 10.2. The van der Waals surface area contributed by atoms with E-state index in [1.807, 2.05) is 0 Å². The Hall–Kier alpha value is -2.45. The molecule has 0 radical (unpaired) electrons. The Morgan fingerprint density at radius 2 is 2.00 bits per heavy atom. The monoisotopic (exact) mass is 350 g/mol. The van der Waals surface area contributed by atoms with Crippen LogP contribution in [0.4, 0.5) is 10.1 Å². The summed E-state index contributed by atoms with van der Waals surface area (Å²) < 4.78 is 45.3. The van der Waals surface area contributed by atoms with Crippen molar-refractivity contribution in [2.45, 2.75) is 11.4 Å². The number of nitrogens with one attached hydrogen (secondary N) is 1. The minimum atomic E-state index is -3.85. The van der Waals surface area contributed by atoms with Crippen LogP contribution < -0.4 is 10.1 Å². The average Bonchev–Trinajstić information content (AvgIpc) is 2.56. The summed E-state index contributed by atoms with van der Waals surface area (Å²) in [7, 11) is -2.47. The summed E-state index contributed by atoms with van der Waals surface area (Å²) >= 11 is 0. The van der Waals surface area contributed by atoms with Crippen LogP contribution in [0.2, 0.25) is 0 Å². The van der Waals surface area contributed by atoms with Crippen LogP contribution in [0, 0.1) is 5.82 Å². The molecule has 0 spiro atoms. The van der Waals surface area contributed by atoms with Crippen LogP contribution in [0.5, 0.6) is 5.75 Å². The summed E-state index contributed by atoms with van der Waals surface area (Å²) in [5.74, 6) is -0.410. The first-order chi connectivity index (χ1) is 11.4. The zero-order valence-corrected chi connectivity index (χ0v) is 13.6. The van der Waals surface area contributed by atoms with E-state index in [1.165, 1.54) is 37.4 Å². The molecule has 2 aromatic carbocycles. The van der Waals surface area contributed by atoms with Crippen molar-refractivity contribution in [1.29, 1.82) is 0 Å². The number of hydrogen-bond acceptors (Lipinski definition) is 4. The lowest BCUT2D eigenvalue weighted by Crippen LogP contribution is -2.28. The van der Waals surface area contributed by atoms with E-state index in [2.05, 4.69) is 5.32 Å². The summed E-state index contributed by atoms with van der Waals surface area (Å²) in [5.41, 5.74) is 0.574. The molecule has 1 amide bonds. The number of fused-ring (bicyclic) bond motifs is 1. The highest BCUT2D eigenvalue weighted by atomic mass is 32.2. The van der Waals surface area contributed by atoms with Crippen molar-refractivity contribution < 1.29 is 22.3 Å². The van der Waals surface area contributed by atoms with Gasteiger partial charge in [-0.05, 0) is 24.3 Å². The van der Waals surface area contributed by atoms with E-state index in [1.54, 1.807) is 12.1 Å². The van der Waals surface area contributed by atoms with E-state index in [0.29, 0.717) is 11.4 Å². The minimum Gasteiger partial charge on any atom is -0.482 e. The zero-order chi connectivity index (χ0) is 17.3. The van der Waals surface area contributed by atoms with Gasteiger partial charge in [0.05, 0.1) is 10.6 Å². The van der Waals surface area contributed by atoms with Crippen molar-refractivity contribution in [3.05, 3.63) is 53.8 Å². The molecule has 0 saturated heterocycles. The van der Waals surface area contributed by atoms with Crippen molar-refractivity contribution in [2.75, 3.05) is 19.0 Å². The lowest BCUT2D eigenvalue weighted by atomic mass is 10.2. The molecule has 1 aliphatic rings. The topological polar surface area (TPSA) is 75.7 Å². The van der Waals surface area contributed by atoms with Crippen molar-refractivity contribution in [2.24, 2.45) is 0 Å². The molecular formula is C16H15FN2O4S. The van der Waals surface area contributed by atoms with Crippen LogP contribution in [-0.2, 0) is 21.4 Å². The minimum absolute atomic E-state index is 0.00844. The highest BCUT2D eigenvalue weighted by Gasteiger charge is 2.25. The van der Waals surface area contributed by atoms with Gasteiger partial charge in [0.15, 0.2) is 6.61 Å². The van der Waals surface area contributed by atoms with E-state index in [4.69, 9.17) is 4.74 Å². The Bertz CT molecular complexity index is 899. The Balaban J connectivity index is 1.89. The number of ether oxygens (including phenoxy) is 1. The Morgan fingerprint density at radius 1 is 1.25 bits per heavy atom. The molecule has 0 saturated carbocycles. The number of sulfonamides is 1. The zero-order valence-electron chi connectivity index (χ0n) is 12.8. The molecule has 3 rings (SSSR count). The standard InChI is InChI=1S/C16H15FN2O4S/c1-19(9-11-4-2-3-5-13(11)17)24(21,22)12-6-7-15-14(8-12)18-16(20)10-23-15/h2-8H,9-10H2,1H3,(H,18,20). The van der Waals surface area contributed by atoms with E-state index >= 15 is 0 Å². The van der Waals surface area contributed by atoms with Crippen molar-refractivity contribution in [3.63, 3.8) is 0 Å². The molecule has 0 aliphatic carbocycles. The number of benzene rings is 2. The van der Waals surface area contributed by atoms with E-state index in [-0.39, 0.29) is 29.5 Å². The second-order valence-corrected chi connectivity index (χ2v) is 7.39. The number of halogens is 1. The highest BCUT2D eigenvalue weighted by Crippen LogP contribution is 2.31. The molecule has 0 fully saturated rings. The molecule has 0 aromatic heterocycles. The molecule has 0 unspecified atom stereocenters. The first kappa shape index (κ1) is 16.4. The van der Waals surface area contributed by atoms with E-state index < -0.39 is 15.8 Å². The normalized spacial score (nSPS) is 14.0. The van der Waals surface area contributed by atoms with Gasteiger partial charge in [0.1, 0.15) is 11.6 Å². The SMILES string of the molecule is CN(Cc1ccccc1F)S(=O)(=O)c1ccc2c(c1)NC(=O)CO2. The maximum atomic E-state index is 13.7. The van der Waals surface area contributed by atoms with Crippen molar-refractivity contribution >= 4 is 21.6 Å². The van der Waals surface area contributed by atoms with Gasteiger partial charge in [-0.2, -0.15) is 4.31 Å². The van der Waals surface area contributed by atoms with Crippen LogP contribution in [0.3, 0.4) is 0 Å². The summed E-state index contributed by atoms with van der Waals surface area (Å²) in [6.07, 6.45) is 0. The first-order valence-electron chi connectivity index (χ1n) is 7.14. The number of hydrogen-bond donors (Lipinski definition) is 1. The van der Waals surface area contributed by atoms with Crippen LogP contribution in [0.15, 0.2) is 47.4 Å². The lowest BCUT2D eigenvalue weighted by Gasteiger charge is -2.21. The van der Waals surface area contributed by atoms with Gasteiger partial charge in [0, 0.05) is 19.2 Å². The molecule has 24 heavy (non-hydrogen) atoms. The number of amides is 1. The summed E-state index contributed by atoms with van der Waals surface area (Å²) in [5, 5.41) is 2.56. The number of carbonyl (C=O) groups is 1. The molecule has 126 valence electrons. The van der Waals surface area contributed by atoms with Gasteiger partial charge in [-0.1, -0.05) is 18.2 Å². The maximum Gasteiger partial charge on any atom is 0.262 e. The highest BCUT2D eigenvalue weighted by molar-refractivity contribution is 7.89. The fraction of sp³-hybridized carbons (Fsp3) is 0.188. The molecule has 2 aromatic rings. The largest absolute Gasteiger partial charge is 0.482 e. The van der Waals surface area contributed by atoms with Gasteiger partial charge >= 0.3 is 0 Å². The van der Waals surface area contributed by atoms with E-state index in [0.717, 1.165) is 4.31 Å². The third kappa shape index (κ3) is 3.10. The number of nitrogens with zero attached hydrogens (tertiary/aromatic N) is 1. The second-order valence-electron chi connectivity index (χ2n) is 5.35. The second kappa shape index (κ2) is 6.21. The lowest BCUT2D eigenvalue weighted by molar-refractivity contribution is -0.118. The van der Waals surface area contributed by atoms with Gasteiger partial charge in [-0.3, -0.25) is 4.79 Å². The van der Waals surface area contributed by atoms with Crippen molar-refractivity contribution in [1.82, 2.24) is 4.31 Å². The first-order valence-corrected chi connectivity index (χ1v) is 8.58. The quantitative estimate of drug-likeness (QED) is 0.915. The maximum absolute atomic E-state index is 13.7. The number of carbonyl (C=O) groups excluding carboxylic acids is 1. The molecule has 1 N–H and O–H groups in total. The van der Waals surface area contributed by atoms with E-state index in [9.17, 15) is 17.6 Å². The smallest absolute Gasteiger partial charge is 0.262 e. The number of anilines is 1. The van der Waals surface area contributed by atoms with Crippen LogP contribution in [0.25, 0.3) is 0 Å². The molecule has 1 heterocycles. The number of rotatable bonds is 4. The van der Waals surface area contributed by atoms with Gasteiger partial charge in [-0.25, -0.2) is 12.8 Å². The van der Waals surface area contributed by atoms with Gasteiger partial charge in [-0.15, -0.1) is 0 Å². The van der Waals surface area contributed by atoms with Gasteiger partial charge < -0.3 is 10.1 Å². The fourth-order valence-corrected chi connectivity index (χ4v) is 3.53. The Kier molecular flexibility index (Phi) is 4.25. The predicted molar refractivity (Wildman–Crippen MR) is 85.6 cm³/mol. The molecule has 6 nitrogen and oxygen atoms in total. The third-order valence-electron chi connectivity index (χ3n) is 3.64. The average molecular weight is 350 g/mol. The Morgan fingerprint density at radius 3 is 2.75 bits per heavy atom. The fourth-order valence-electron chi connectivity index (χ4n) is 2.35. The van der Waals surface area contributed by atoms with Crippen LogP contribution >= 0.6 is 0 Å². The summed E-state index contributed by atoms with van der Waals surface area (Å²) in [6.45, 7) is -0.207. The third-order valence-corrected chi connectivity index (χ3v) is 5.44. The van der Waals surface area contributed by atoms with Crippen LogP contribution in [0.1, 0.15) is 5.56 Å². The van der Waals surface area contributed by atoms with Crippen LogP contribution in [-0.4, -0.2) is 32.3 Å². The van der Waals surface area contributed by atoms with Crippen molar-refractivity contribution in [3.8, 4) is 5.75 Å². The van der Waals surface area contributed by atoms with Gasteiger partial charge in [0.2, 0.25) is 10.0 Å². The molecule has 8 heteroatoms. The molecular weight excluding hydrogens is 335 g/mol. The molecule has 0 bridgehead atoms. The van der Waals surface area contributed by atoms with Gasteiger partial charge in [0.25, 0.3) is 5.91 Å². The summed E-state index contributed by atoms with van der Waals surface area (Å²) in [4.78, 5) is 11.4. The molecule has 1 aliphatic heterocycles.